The van der Waals surface area contributed by atoms with Crippen LogP contribution >= 0.6 is 0 Å². The first-order chi connectivity index (χ1) is 12.5. The average Bonchev–Trinajstić information content (AvgIpc) is 2.66. The number of para-hydroxylation sites is 1. The second-order valence-corrected chi connectivity index (χ2v) is 8.85. The van der Waals surface area contributed by atoms with Crippen molar-refractivity contribution < 1.29 is 8.42 Å². The summed E-state index contributed by atoms with van der Waals surface area (Å²) in [5, 5.41) is 7.26. The normalized spacial score (nSPS) is 20.7. The Bertz CT molecular complexity index is 824. The third-order valence-electron chi connectivity index (χ3n) is 5.00. The largest absolute Gasteiger partial charge is 0.309 e. The van der Waals surface area contributed by atoms with Gasteiger partial charge in [-0.05, 0) is 36.6 Å². The Balaban J connectivity index is 1.76. The van der Waals surface area contributed by atoms with E-state index in [1.165, 1.54) is 16.1 Å². The van der Waals surface area contributed by atoms with Gasteiger partial charge in [0.05, 0.1) is 11.9 Å². The van der Waals surface area contributed by atoms with Crippen molar-refractivity contribution in [1.29, 1.82) is 0 Å². The summed E-state index contributed by atoms with van der Waals surface area (Å²) in [6, 6.07) is 18.7. The van der Waals surface area contributed by atoms with Gasteiger partial charge in [-0.15, -0.1) is 0 Å². The lowest BCUT2D eigenvalue weighted by atomic mass is 9.92. The van der Waals surface area contributed by atoms with Crippen molar-refractivity contribution in [2.24, 2.45) is 0 Å². The second-order valence-electron chi connectivity index (χ2n) is 6.83. The Morgan fingerprint density at radius 1 is 1.12 bits per heavy atom. The third-order valence-corrected chi connectivity index (χ3v) is 6.19. The SMILES string of the molecule is CN(c1ccccc1CN[C@H]1CCCN[C@H]1c1ccccc1)S(C)(=O)=O. The van der Waals surface area contributed by atoms with Crippen LogP contribution in [0.4, 0.5) is 5.69 Å². The number of hydrogen-bond donors (Lipinski definition) is 2. The molecular formula is C20H27N3O2S. The minimum Gasteiger partial charge on any atom is -0.309 e. The van der Waals surface area contributed by atoms with Gasteiger partial charge in [-0.25, -0.2) is 8.42 Å². The molecule has 2 atom stereocenters. The number of nitrogens with zero attached hydrogens (tertiary/aromatic N) is 1. The van der Waals surface area contributed by atoms with Crippen molar-refractivity contribution in [3.05, 3.63) is 65.7 Å². The summed E-state index contributed by atoms with van der Waals surface area (Å²) in [5.41, 5.74) is 2.99. The lowest BCUT2D eigenvalue weighted by Crippen LogP contribution is -2.45. The molecule has 0 radical (unpaired) electrons. The molecule has 0 bridgehead atoms. The molecule has 0 spiro atoms. The van der Waals surface area contributed by atoms with Crippen LogP contribution < -0.4 is 14.9 Å². The number of benzene rings is 2. The maximum atomic E-state index is 11.9. The van der Waals surface area contributed by atoms with E-state index in [4.69, 9.17) is 0 Å². The molecule has 5 nitrogen and oxygen atoms in total. The van der Waals surface area contributed by atoms with Crippen LogP contribution in [-0.4, -0.2) is 34.3 Å². The van der Waals surface area contributed by atoms with E-state index in [0.29, 0.717) is 12.6 Å². The third kappa shape index (κ3) is 4.44. The van der Waals surface area contributed by atoms with Crippen LogP contribution in [0.3, 0.4) is 0 Å². The molecule has 2 N–H and O–H groups in total. The van der Waals surface area contributed by atoms with Crippen LogP contribution in [0, 0.1) is 0 Å². The van der Waals surface area contributed by atoms with Crippen molar-refractivity contribution >= 4 is 15.7 Å². The van der Waals surface area contributed by atoms with Gasteiger partial charge in [0.1, 0.15) is 0 Å². The van der Waals surface area contributed by atoms with Crippen molar-refractivity contribution in [3.63, 3.8) is 0 Å². The maximum absolute atomic E-state index is 11.9. The van der Waals surface area contributed by atoms with Gasteiger partial charge in [0.2, 0.25) is 10.0 Å². The smallest absolute Gasteiger partial charge is 0.232 e. The highest BCUT2D eigenvalue weighted by atomic mass is 32.2. The molecule has 2 aromatic rings. The Hall–Kier alpha value is -1.89. The molecule has 1 aliphatic heterocycles. The van der Waals surface area contributed by atoms with Crippen LogP contribution in [0.1, 0.15) is 30.0 Å². The van der Waals surface area contributed by atoms with Gasteiger partial charge in [0.15, 0.2) is 0 Å². The minimum atomic E-state index is -3.28. The second kappa shape index (κ2) is 8.20. The molecule has 140 valence electrons. The van der Waals surface area contributed by atoms with Crippen LogP contribution in [0.5, 0.6) is 0 Å². The summed E-state index contributed by atoms with van der Waals surface area (Å²) in [4.78, 5) is 0. The first-order valence-corrected chi connectivity index (χ1v) is 10.8. The molecule has 1 aliphatic rings. The summed E-state index contributed by atoms with van der Waals surface area (Å²) in [5.74, 6) is 0. The molecule has 2 aromatic carbocycles. The van der Waals surface area contributed by atoms with Crippen molar-refractivity contribution in [3.8, 4) is 0 Å². The molecule has 1 fully saturated rings. The molecule has 0 aromatic heterocycles. The van der Waals surface area contributed by atoms with Gasteiger partial charge in [0, 0.05) is 25.7 Å². The van der Waals surface area contributed by atoms with E-state index < -0.39 is 10.0 Å². The fourth-order valence-corrected chi connectivity index (χ4v) is 4.04. The molecular weight excluding hydrogens is 346 g/mol. The zero-order valence-electron chi connectivity index (χ0n) is 15.4. The minimum absolute atomic E-state index is 0.268. The molecule has 0 aliphatic carbocycles. The van der Waals surface area contributed by atoms with Gasteiger partial charge in [-0.1, -0.05) is 48.5 Å². The topological polar surface area (TPSA) is 61.4 Å². The Morgan fingerprint density at radius 2 is 1.81 bits per heavy atom. The molecule has 3 rings (SSSR count). The molecule has 1 saturated heterocycles. The summed E-state index contributed by atoms with van der Waals surface area (Å²) >= 11 is 0. The quantitative estimate of drug-likeness (QED) is 0.817. The number of anilines is 1. The van der Waals surface area contributed by atoms with Gasteiger partial charge < -0.3 is 10.6 Å². The van der Waals surface area contributed by atoms with E-state index in [9.17, 15) is 8.42 Å². The summed E-state index contributed by atoms with van der Waals surface area (Å²) in [6.07, 6.45) is 3.45. The lowest BCUT2D eigenvalue weighted by molar-refractivity contribution is 0.305. The van der Waals surface area contributed by atoms with E-state index >= 15 is 0 Å². The molecule has 0 amide bonds. The summed E-state index contributed by atoms with van der Waals surface area (Å²) in [6.45, 7) is 1.65. The number of nitrogens with one attached hydrogen (secondary N) is 2. The number of sulfonamides is 1. The summed E-state index contributed by atoms with van der Waals surface area (Å²) < 4.78 is 25.2. The zero-order valence-corrected chi connectivity index (χ0v) is 16.2. The van der Waals surface area contributed by atoms with Gasteiger partial charge in [0.25, 0.3) is 0 Å². The van der Waals surface area contributed by atoms with Crippen molar-refractivity contribution in [2.45, 2.75) is 31.5 Å². The van der Waals surface area contributed by atoms with Gasteiger partial charge in [-0.2, -0.15) is 0 Å². The van der Waals surface area contributed by atoms with Crippen LogP contribution in [0.15, 0.2) is 54.6 Å². The van der Waals surface area contributed by atoms with E-state index in [-0.39, 0.29) is 6.04 Å². The Morgan fingerprint density at radius 3 is 2.54 bits per heavy atom. The summed E-state index contributed by atoms with van der Waals surface area (Å²) in [7, 11) is -1.68. The van der Waals surface area contributed by atoms with E-state index in [1.807, 2.05) is 30.3 Å². The molecule has 0 unspecified atom stereocenters. The van der Waals surface area contributed by atoms with Gasteiger partial charge in [-0.3, -0.25) is 4.31 Å². The van der Waals surface area contributed by atoms with Crippen molar-refractivity contribution in [1.82, 2.24) is 10.6 Å². The molecule has 0 saturated carbocycles. The monoisotopic (exact) mass is 373 g/mol. The highest BCUT2D eigenvalue weighted by Crippen LogP contribution is 2.26. The standard InChI is InChI=1S/C20H27N3O2S/c1-23(26(2,24)25)19-13-7-6-11-17(19)15-22-18-12-8-14-21-20(18)16-9-4-3-5-10-16/h3-7,9-11,13,18,20-22H,8,12,14-15H2,1-2H3/t18-,20-/m0/s1. The predicted octanol–water partition coefficient (Wildman–Crippen LogP) is 2.67. The molecule has 1 heterocycles. The van der Waals surface area contributed by atoms with Gasteiger partial charge >= 0.3 is 0 Å². The number of rotatable bonds is 6. The van der Waals surface area contributed by atoms with E-state index in [0.717, 1.165) is 30.6 Å². The number of piperidine rings is 1. The lowest BCUT2D eigenvalue weighted by Gasteiger charge is -2.34. The maximum Gasteiger partial charge on any atom is 0.232 e. The van der Waals surface area contributed by atoms with Crippen LogP contribution in [0.25, 0.3) is 0 Å². The van der Waals surface area contributed by atoms with E-state index in [1.54, 1.807) is 7.05 Å². The van der Waals surface area contributed by atoms with E-state index in [2.05, 4.69) is 34.9 Å². The predicted molar refractivity (Wildman–Crippen MR) is 107 cm³/mol. The van der Waals surface area contributed by atoms with Crippen LogP contribution in [-0.2, 0) is 16.6 Å². The first-order valence-electron chi connectivity index (χ1n) is 9.00. The Labute approximate surface area is 156 Å². The fraction of sp³-hybridized carbons (Fsp3) is 0.400. The van der Waals surface area contributed by atoms with Crippen molar-refractivity contribution in [2.75, 3.05) is 24.2 Å². The van der Waals surface area contributed by atoms with Crippen LogP contribution in [0.2, 0.25) is 0 Å². The molecule has 26 heavy (non-hydrogen) atoms. The average molecular weight is 374 g/mol. The number of hydrogen-bond acceptors (Lipinski definition) is 4. The molecule has 6 heteroatoms. The Kier molecular flexibility index (Phi) is 5.96. The highest BCUT2D eigenvalue weighted by molar-refractivity contribution is 7.92. The zero-order chi connectivity index (χ0) is 18.6. The first kappa shape index (κ1) is 18.9. The fourth-order valence-electron chi connectivity index (χ4n) is 3.51. The highest BCUT2D eigenvalue weighted by Gasteiger charge is 2.26.